The van der Waals surface area contributed by atoms with Crippen molar-refractivity contribution < 1.29 is 48.9 Å². The van der Waals surface area contributed by atoms with Crippen LogP contribution in [0, 0.1) is 28.5 Å². The van der Waals surface area contributed by atoms with Gasteiger partial charge in [-0.05, 0) is 136 Å². The van der Waals surface area contributed by atoms with Crippen LogP contribution in [-0.2, 0) is 49.4 Å². The summed E-state index contributed by atoms with van der Waals surface area (Å²) in [4.78, 5) is 54.2. The number of carbonyl (C=O) groups excluding carboxylic acids is 2. The number of carboxylic acids is 1. The highest BCUT2D eigenvalue weighted by molar-refractivity contribution is 6.36. The quantitative estimate of drug-likeness (QED) is 0.114. The second kappa shape index (κ2) is 16.4. The van der Waals surface area contributed by atoms with E-state index < -0.39 is 132 Å². The molecule has 340 valence electrons. The van der Waals surface area contributed by atoms with Crippen LogP contribution in [0.1, 0.15) is 151 Å². The number of fused-ring (bicyclic) bond motifs is 6. The van der Waals surface area contributed by atoms with Crippen molar-refractivity contribution in [1.29, 1.82) is 0 Å². The fourth-order valence-corrected chi connectivity index (χ4v) is 12.4. The lowest BCUT2D eigenvalue weighted by Crippen LogP contribution is -2.34. The number of nitrogens with zero attached hydrogens (tertiary/aromatic N) is 6. The van der Waals surface area contributed by atoms with Gasteiger partial charge in [0.2, 0.25) is 0 Å². The summed E-state index contributed by atoms with van der Waals surface area (Å²) < 4.78 is 160. The molecule has 4 aromatic rings. The molecular weight excluding hydrogens is 828 g/mol. The van der Waals surface area contributed by atoms with E-state index >= 15 is 0 Å². The highest BCUT2D eigenvalue weighted by atomic mass is 35.5. The van der Waals surface area contributed by atoms with E-state index in [-0.39, 0.29) is 71.6 Å². The number of hydrogen-bond donors (Lipinski definition) is 3. The van der Waals surface area contributed by atoms with Gasteiger partial charge in [-0.15, -0.1) is 0 Å². The van der Waals surface area contributed by atoms with Crippen LogP contribution in [0.4, 0.5) is 11.4 Å². The Morgan fingerprint density at radius 3 is 1.88 bits per heavy atom. The minimum atomic E-state index is -3.44. The first-order valence-electron chi connectivity index (χ1n) is 31.1. The Morgan fingerprint density at radius 2 is 1.31 bits per heavy atom. The van der Waals surface area contributed by atoms with E-state index in [1.54, 1.807) is 0 Å². The lowest BCUT2D eigenvalue weighted by molar-refractivity contribution is -0.148. The van der Waals surface area contributed by atoms with Crippen LogP contribution in [0.15, 0.2) is 36.3 Å². The maximum absolute atomic E-state index is 14.6. The number of aliphatic carboxylic acids is 1. The number of rotatable bonds is 14. The zero-order chi connectivity index (χ0) is 59.8. The molecule has 3 N–H and O–H groups in total. The first-order chi connectivity index (χ1) is 38.0. The third-order valence-corrected chi connectivity index (χ3v) is 16.2. The number of amides is 2. The summed E-state index contributed by atoms with van der Waals surface area (Å²) in [5.74, 6) is -4.60. The van der Waals surface area contributed by atoms with Crippen molar-refractivity contribution in [1.82, 2.24) is 28.9 Å². The molecule has 4 saturated carbocycles. The third kappa shape index (κ3) is 7.57. The number of aromatic nitrogens is 4. The normalized spacial score (nSPS) is 32.1. The number of nitrogens with one attached hydrogen (secondary N) is 2. The molecule has 0 unspecified atom stereocenters. The number of hydrogen-bond acceptors (Lipinski definition) is 8. The number of anilines is 2. The summed E-state index contributed by atoms with van der Waals surface area (Å²) in [6.07, 6.45) is 9.58. The molecule has 10 rings (SSSR count). The smallest absolute Gasteiger partial charge is 0.309 e. The van der Waals surface area contributed by atoms with Gasteiger partial charge >= 0.3 is 5.97 Å². The van der Waals surface area contributed by atoms with Gasteiger partial charge in [-0.3, -0.25) is 24.2 Å². The van der Waals surface area contributed by atoms with E-state index in [2.05, 4.69) is 30.4 Å². The SMILES string of the molecule is [2H]c1c([2H])c(NC(=O)c2nc3c(n2C([2H])([2H])[2H])CCN(CCC24CCC(C(=O)O)(CC2)C4)C3)c(Cl)c(-c2c([2H])c([2H])c([2H])c(NC(=O)c3nc4c(n3C([2H])([2H])[2H])CCN(CCC35CCC(COC([2H])([2H])[2H])(CC3)C5)C4)c2C([2H])([2H])[2H])c1[2H]. The fraction of sp³-hybridized carbons (Fsp3) is 0.580. The summed E-state index contributed by atoms with van der Waals surface area (Å²) in [6, 6.07) is -5.81. The van der Waals surface area contributed by atoms with Gasteiger partial charge in [0.05, 0.1) is 46.5 Å². The van der Waals surface area contributed by atoms with Crippen molar-refractivity contribution in [3.63, 3.8) is 0 Å². The predicted octanol–water partition coefficient (Wildman–Crippen LogP) is 8.42. The van der Waals surface area contributed by atoms with Crippen molar-refractivity contribution >= 4 is 40.8 Å². The van der Waals surface area contributed by atoms with E-state index in [1.165, 1.54) is 0 Å². The number of methoxy groups -OCH3 is 1. The second-order valence-electron chi connectivity index (χ2n) is 19.5. The summed E-state index contributed by atoms with van der Waals surface area (Å²) >= 11 is 6.96. The van der Waals surface area contributed by atoms with Crippen LogP contribution in [0.3, 0.4) is 0 Å². The van der Waals surface area contributed by atoms with Gasteiger partial charge < -0.3 is 29.6 Å². The highest BCUT2D eigenvalue weighted by Gasteiger charge is 2.58. The number of carbonyl (C=O) groups is 3. The Labute approximate surface area is 406 Å². The van der Waals surface area contributed by atoms with Crippen LogP contribution in [0.2, 0.25) is 5.02 Å². The largest absolute Gasteiger partial charge is 0.481 e. The molecular formula is C50H63ClN8O5. The number of carboxylic acid groups (broad SMARTS) is 1. The molecule has 6 aliphatic rings. The average molecular weight is 910 g/mol. The summed E-state index contributed by atoms with van der Waals surface area (Å²) in [6.45, 7) is -6.99. The molecule has 0 saturated heterocycles. The monoisotopic (exact) mass is 909 g/mol. The Bertz CT molecular complexity index is 3280. The van der Waals surface area contributed by atoms with Crippen molar-refractivity contribution in [2.45, 2.75) is 110 Å². The Balaban J connectivity index is 0.933. The first kappa shape index (κ1) is 27.2. The van der Waals surface area contributed by atoms with E-state index in [4.69, 9.17) is 41.0 Å². The average Bonchev–Trinajstić information content (AvgIpc) is 1.82. The standard InChI is InChI=1S/C50H63ClN8O5/c1-32-33(7-5-9-35(32)54-44(60)42-52-37-27-58(23-11-39(37)56(42)2)25-21-47-13-15-49(29-47,16-14-47)31-64-4)34-8-6-10-36(41(34)51)55-45(61)43-53-38-28-59(24-12-40(38)57(43)3)26-22-48-17-19-50(30-48,20-18-48)46(62)63/h5-10H,11-31H2,1-4H3,(H,54,60)(H,55,61)(H,62,63)/i1D3,2D3,3D3,4D3,5D,6D,7D,8D,9D,10D. The van der Waals surface area contributed by atoms with Gasteiger partial charge in [-0.2, -0.15) is 0 Å². The summed E-state index contributed by atoms with van der Waals surface area (Å²) in [5, 5.41) is 13.8. The minimum Gasteiger partial charge on any atom is -0.481 e. The van der Waals surface area contributed by atoms with Crippen molar-refractivity contribution in [2.75, 3.05) is 50.5 Å². The minimum absolute atomic E-state index is 0.0183. The van der Waals surface area contributed by atoms with Gasteiger partial charge in [-0.1, -0.05) is 35.8 Å². The van der Waals surface area contributed by atoms with Gasteiger partial charge in [0.25, 0.3) is 11.8 Å². The Hall–Kier alpha value is -4.56. The first-order valence-corrected chi connectivity index (χ1v) is 22.5. The zero-order valence-electron chi connectivity index (χ0n) is 53.5. The number of ether oxygens (including phenoxy) is 1. The fourth-order valence-electron chi connectivity index (χ4n) is 12.1. The lowest BCUT2D eigenvalue weighted by Gasteiger charge is -2.32. The molecule has 4 fully saturated rings. The Kier molecular flexibility index (Phi) is 6.96. The molecule has 64 heavy (non-hydrogen) atoms. The molecule has 0 spiro atoms. The molecule has 2 aliphatic heterocycles. The van der Waals surface area contributed by atoms with E-state index in [0.29, 0.717) is 45.4 Å². The number of imidazole rings is 2. The van der Waals surface area contributed by atoms with Crippen LogP contribution in [-0.4, -0.2) is 91.6 Å². The molecule has 2 amide bonds. The van der Waals surface area contributed by atoms with E-state index in [9.17, 15) is 19.5 Å². The van der Waals surface area contributed by atoms with Gasteiger partial charge in [0.15, 0.2) is 11.6 Å². The summed E-state index contributed by atoms with van der Waals surface area (Å²) in [5.41, 5.74) is -4.34. The predicted molar refractivity (Wildman–Crippen MR) is 247 cm³/mol. The number of halogens is 1. The maximum atomic E-state index is 14.6. The van der Waals surface area contributed by atoms with E-state index in [1.807, 2.05) is 0 Å². The van der Waals surface area contributed by atoms with Gasteiger partial charge in [-0.25, -0.2) is 9.97 Å². The zero-order valence-corrected chi connectivity index (χ0v) is 36.2. The molecule has 14 heteroatoms. The van der Waals surface area contributed by atoms with Crippen LogP contribution in [0.5, 0.6) is 0 Å². The molecule has 4 aliphatic carbocycles. The van der Waals surface area contributed by atoms with Gasteiger partial charge in [0.1, 0.15) is 0 Å². The molecule has 4 heterocycles. The second-order valence-corrected chi connectivity index (χ2v) is 19.8. The summed E-state index contributed by atoms with van der Waals surface area (Å²) in [7, 11) is -2.48. The maximum Gasteiger partial charge on any atom is 0.309 e. The molecule has 0 atom stereocenters. The van der Waals surface area contributed by atoms with Crippen LogP contribution < -0.4 is 10.6 Å². The van der Waals surface area contributed by atoms with Crippen LogP contribution >= 0.6 is 11.6 Å². The van der Waals surface area contributed by atoms with Crippen molar-refractivity contribution in [2.24, 2.45) is 35.6 Å². The Morgan fingerprint density at radius 1 is 0.766 bits per heavy atom. The van der Waals surface area contributed by atoms with Gasteiger partial charge in [0, 0.05) is 95.0 Å². The molecule has 2 aromatic carbocycles. The van der Waals surface area contributed by atoms with Crippen LogP contribution in [0.25, 0.3) is 11.1 Å². The van der Waals surface area contributed by atoms with Crippen molar-refractivity contribution in [3.05, 3.63) is 81.3 Å². The highest BCUT2D eigenvalue weighted by Crippen LogP contribution is 2.64. The number of benzene rings is 2. The molecule has 2 aromatic heterocycles. The topological polar surface area (TPSA) is 147 Å². The molecule has 4 bridgehead atoms. The molecule has 0 radical (unpaired) electrons. The van der Waals surface area contributed by atoms with E-state index in [0.717, 1.165) is 66.9 Å². The van der Waals surface area contributed by atoms with Crippen molar-refractivity contribution in [3.8, 4) is 11.1 Å². The lowest BCUT2D eigenvalue weighted by atomic mass is 9.80. The molecule has 13 nitrogen and oxygen atoms in total. The third-order valence-electron chi connectivity index (χ3n) is 15.9.